The smallest absolute Gasteiger partial charge is 0.341 e. The van der Waals surface area contributed by atoms with Crippen LogP contribution in [-0.4, -0.2) is 30.3 Å². The van der Waals surface area contributed by atoms with Crippen molar-refractivity contribution < 1.29 is 14.0 Å². The Kier molecular flexibility index (Phi) is 4.96. The molecule has 2 aromatic rings. The maximum Gasteiger partial charge on any atom is 0.341 e. The summed E-state index contributed by atoms with van der Waals surface area (Å²) in [6, 6.07) is 3.57. The van der Waals surface area contributed by atoms with Crippen LogP contribution in [0, 0.1) is 0 Å². The van der Waals surface area contributed by atoms with E-state index in [9.17, 15) is 4.79 Å². The summed E-state index contributed by atoms with van der Waals surface area (Å²) in [4.78, 5) is 16.4. The van der Waals surface area contributed by atoms with Crippen LogP contribution >= 0.6 is 0 Å². The lowest BCUT2D eigenvalue weighted by Crippen LogP contribution is -2.40. The number of hydrogen-bond donors (Lipinski definition) is 0. The first-order chi connectivity index (χ1) is 10.7. The Morgan fingerprint density at radius 2 is 2.04 bits per heavy atom. The van der Waals surface area contributed by atoms with Crippen LogP contribution in [0.3, 0.4) is 0 Å². The Hall–Kier alpha value is -1.66. The fourth-order valence-corrected chi connectivity index (χ4v) is 2.95. The number of ether oxygens (including phenoxy) is 1. The molecule has 2 heterocycles. The third kappa shape index (κ3) is 3.64. The molecule has 0 aliphatic rings. The van der Waals surface area contributed by atoms with Gasteiger partial charge in [0.2, 0.25) is 0 Å². The molecule has 2 rings (SSSR count). The van der Waals surface area contributed by atoms with Gasteiger partial charge in [-0.3, -0.25) is 0 Å². The minimum absolute atomic E-state index is 0.156. The Morgan fingerprint density at radius 3 is 2.65 bits per heavy atom. The molecule has 2 aromatic heterocycles. The monoisotopic (exact) mass is 334 g/mol. The van der Waals surface area contributed by atoms with Crippen LogP contribution in [0.2, 0.25) is 18.1 Å². The molecule has 0 aliphatic heterocycles. The Bertz CT molecular complexity index is 701. The van der Waals surface area contributed by atoms with Gasteiger partial charge < -0.3 is 13.6 Å². The first-order valence-electron chi connectivity index (χ1n) is 7.93. The van der Waals surface area contributed by atoms with Crippen molar-refractivity contribution in [1.82, 2.24) is 9.38 Å². The van der Waals surface area contributed by atoms with E-state index in [4.69, 9.17) is 9.16 Å². The maximum atomic E-state index is 12.0. The van der Waals surface area contributed by atoms with Gasteiger partial charge in [0, 0.05) is 6.20 Å². The Labute approximate surface area is 138 Å². The Morgan fingerprint density at radius 1 is 1.35 bits per heavy atom. The van der Waals surface area contributed by atoms with Gasteiger partial charge in [-0.05, 0) is 37.2 Å². The van der Waals surface area contributed by atoms with Gasteiger partial charge in [-0.2, -0.15) is 0 Å². The molecule has 0 N–H and O–H groups in total. The SMILES string of the molecule is CCOC(=O)c1cccn2c(CO[Si](C)(C)C(C)(C)C)cnc12. The average Bonchev–Trinajstić information content (AvgIpc) is 2.87. The lowest BCUT2D eigenvalue weighted by Gasteiger charge is -2.36. The quantitative estimate of drug-likeness (QED) is 0.612. The number of hydrogen-bond acceptors (Lipinski definition) is 4. The van der Waals surface area contributed by atoms with Crippen molar-refractivity contribution >= 4 is 19.9 Å². The van der Waals surface area contributed by atoms with Gasteiger partial charge >= 0.3 is 5.97 Å². The van der Waals surface area contributed by atoms with Gasteiger partial charge in [-0.15, -0.1) is 0 Å². The summed E-state index contributed by atoms with van der Waals surface area (Å²) in [5, 5.41) is 0.156. The van der Waals surface area contributed by atoms with Crippen molar-refractivity contribution in [3.63, 3.8) is 0 Å². The normalized spacial score (nSPS) is 12.6. The van der Waals surface area contributed by atoms with Crippen molar-refractivity contribution in [2.75, 3.05) is 6.61 Å². The van der Waals surface area contributed by atoms with E-state index in [2.05, 4.69) is 38.8 Å². The van der Waals surface area contributed by atoms with Gasteiger partial charge in [0.1, 0.15) is 5.56 Å². The summed E-state index contributed by atoms with van der Waals surface area (Å²) < 4.78 is 13.2. The van der Waals surface area contributed by atoms with E-state index in [1.807, 2.05) is 16.7 Å². The van der Waals surface area contributed by atoms with Crippen molar-refractivity contribution in [3.8, 4) is 0 Å². The molecule has 23 heavy (non-hydrogen) atoms. The summed E-state index contributed by atoms with van der Waals surface area (Å²) in [5.41, 5.74) is 2.03. The lowest BCUT2D eigenvalue weighted by molar-refractivity contribution is 0.0528. The molecule has 0 saturated heterocycles. The fraction of sp³-hybridized carbons (Fsp3) is 0.529. The second kappa shape index (κ2) is 6.45. The molecule has 0 aliphatic carbocycles. The zero-order chi connectivity index (χ0) is 17.3. The van der Waals surface area contributed by atoms with Crippen LogP contribution in [0.5, 0.6) is 0 Å². The largest absolute Gasteiger partial charge is 0.462 e. The molecular formula is C17H26N2O3Si. The van der Waals surface area contributed by atoms with E-state index >= 15 is 0 Å². The van der Waals surface area contributed by atoms with Crippen LogP contribution in [0.25, 0.3) is 5.65 Å². The molecule has 0 saturated carbocycles. The van der Waals surface area contributed by atoms with Gasteiger partial charge in [0.05, 0.1) is 25.1 Å². The highest BCUT2D eigenvalue weighted by molar-refractivity contribution is 6.74. The van der Waals surface area contributed by atoms with E-state index in [-0.39, 0.29) is 11.0 Å². The van der Waals surface area contributed by atoms with Crippen LogP contribution in [-0.2, 0) is 15.8 Å². The number of fused-ring (bicyclic) bond motifs is 1. The Balaban J connectivity index is 2.27. The average molecular weight is 334 g/mol. The molecule has 126 valence electrons. The van der Waals surface area contributed by atoms with Gasteiger partial charge in [0.25, 0.3) is 0 Å². The van der Waals surface area contributed by atoms with Crippen LogP contribution in [0.1, 0.15) is 43.7 Å². The van der Waals surface area contributed by atoms with Gasteiger partial charge in [0.15, 0.2) is 14.0 Å². The summed E-state index contributed by atoms with van der Waals surface area (Å²) in [5.74, 6) is -0.347. The van der Waals surface area contributed by atoms with E-state index in [0.29, 0.717) is 24.4 Å². The predicted octanol–water partition coefficient (Wildman–Crippen LogP) is 4.03. The first kappa shape index (κ1) is 17.7. The summed E-state index contributed by atoms with van der Waals surface area (Å²) >= 11 is 0. The summed E-state index contributed by atoms with van der Waals surface area (Å²) in [6.07, 6.45) is 3.67. The van der Waals surface area contributed by atoms with E-state index in [0.717, 1.165) is 5.69 Å². The number of rotatable bonds is 5. The second-order valence-electron chi connectivity index (χ2n) is 7.13. The highest BCUT2D eigenvalue weighted by Crippen LogP contribution is 2.37. The van der Waals surface area contributed by atoms with E-state index in [1.165, 1.54) is 0 Å². The topological polar surface area (TPSA) is 52.8 Å². The molecule has 0 aromatic carbocycles. The minimum atomic E-state index is -1.83. The molecule has 0 spiro atoms. The fourth-order valence-electron chi connectivity index (χ4n) is 2.01. The summed E-state index contributed by atoms with van der Waals surface area (Å²) in [7, 11) is -1.83. The third-order valence-electron chi connectivity index (χ3n) is 4.49. The second-order valence-corrected chi connectivity index (χ2v) is 11.9. The third-order valence-corrected chi connectivity index (χ3v) is 8.97. The summed E-state index contributed by atoms with van der Waals surface area (Å²) in [6.45, 7) is 13.7. The van der Waals surface area contributed by atoms with Gasteiger partial charge in [-0.1, -0.05) is 20.8 Å². The highest BCUT2D eigenvalue weighted by Gasteiger charge is 2.37. The highest BCUT2D eigenvalue weighted by atomic mass is 28.4. The predicted molar refractivity (Wildman–Crippen MR) is 93.1 cm³/mol. The molecule has 5 nitrogen and oxygen atoms in total. The van der Waals surface area contributed by atoms with Crippen molar-refractivity contribution in [3.05, 3.63) is 35.8 Å². The van der Waals surface area contributed by atoms with Gasteiger partial charge in [-0.25, -0.2) is 9.78 Å². The van der Waals surface area contributed by atoms with Crippen molar-refractivity contribution in [2.45, 2.75) is 52.4 Å². The number of pyridine rings is 1. The van der Waals surface area contributed by atoms with Crippen LogP contribution in [0.15, 0.2) is 24.5 Å². The molecule has 0 radical (unpaired) electrons. The molecule has 0 fully saturated rings. The minimum Gasteiger partial charge on any atom is -0.462 e. The van der Waals surface area contributed by atoms with Crippen molar-refractivity contribution in [1.29, 1.82) is 0 Å². The molecule has 0 bridgehead atoms. The number of imidazole rings is 1. The van der Waals surface area contributed by atoms with E-state index < -0.39 is 8.32 Å². The van der Waals surface area contributed by atoms with Crippen LogP contribution < -0.4 is 0 Å². The lowest BCUT2D eigenvalue weighted by atomic mass is 10.2. The molecule has 0 atom stereocenters. The molecule has 0 amide bonds. The zero-order valence-electron chi connectivity index (χ0n) is 14.8. The number of aromatic nitrogens is 2. The maximum absolute atomic E-state index is 12.0. The molecule has 0 unspecified atom stereocenters. The number of esters is 1. The molecule has 6 heteroatoms. The molecular weight excluding hydrogens is 308 g/mol. The first-order valence-corrected chi connectivity index (χ1v) is 10.8. The van der Waals surface area contributed by atoms with E-state index in [1.54, 1.807) is 19.2 Å². The van der Waals surface area contributed by atoms with Crippen molar-refractivity contribution in [2.24, 2.45) is 0 Å². The number of carbonyl (C=O) groups is 1. The zero-order valence-corrected chi connectivity index (χ0v) is 15.8. The standard InChI is InChI=1S/C17H26N2O3Si/c1-7-21-16(20)14-9-8-10-19-13(11-18-15(14)19)12-22-23(5,6)17(2,3)4/h8-11H,7,12H2,1-6H3. The van der Waals surface area contributed by atoms with Crippen LogP contribution in [0.4, 0.5) is 0 Å². The number of carbonyl (C=O) groups excluding carboxylic acids is 1. The number of nitrogens with zero attached hydrogens (tertiary/aromatic N) is 2.